The minimum Gasteiger partial charge on any atom is -0.325 e. The number of nitrogens with one attached hydrogen (secondary N) is 1. The molecule has 0 aliphatic carbocycles. The van der Waals surface area contributed by atoms with Gasteiger partial charge in [-0.25, -0.2) is 8.42 Å². The van der Waals surface area contributed by atoms with Crippen molar-refractivity contribution >= 4 is 27.3 Å². The number of rotatable bonds is 7. The van der Waals surface area contributed by atoms with Gasteiger partial charge in [0, 0.05) is 5.69 Å². The predicted octanol–water partition coefficient (Wildman–Crippen LogP) is 4.70. The first-order chi connectivity index (χ1) is 14.3. The average Bonchev–Trinajstić information content (AvgIpc) is 2.73. The smallest absolute Gasteiger partial charge is 0.264 e. The minimum atomic E-state index is -3.92. The maximum absolute atomic E-state index is 13.4. The van der Waals surface area contributed by atoms with Crippen molar-refractivity contribution < 1.29 is 13.2 Å². The fraction of sp³-hybridized carbons (Fsp3) is 0.208. The zero-order valence-corrected chi connectivity index (χ0v) is 18.2. The van der Waals surface area contributed by atoms with Gasteiger partial charge in [-0.3, -0.25) is 9.10 Å². The summed E-state index contributed by atoms with van der Waals surface area (Å²) in [5, 5.41) is 2.80. The van der Waals surface area contributed by atoms with Crippen molar-refractivity contribution in [2.24, 2.45) is 0 Å². The molecule has 0 aliphatic heterocycles. The molecule has 0 unspecified atom stereocenters. The molecule has 0 saturated heterocycles. The highest BCUT2D eigenvalue weighted by atomic mass is 32.2. The van der Waals surface area contributed by atoms with Crippen LogP contribution >= 0.6 is 0 Å². The van der Waals surface area contributed by atoms with Gasteiger partial charge in [-0.15, -0.1) is 0 Å². The third-order valence-electron chi connectivity index (χ3n) is 4.93. The van der Waals surface area contributed by atoms with Crippen LogP contribution in [0.4, 0.5) is 11.4 Å². The highest BCUT2D eigenvalue weighted by molar-refractivity contribution is 7.92. The van der Waals surface area contributed by atoms with Crippen molar-refractivity contribution in [1.82, 2.24) is 0 Å². The van der Waals surface area contributed by atoms with Crippen LogP contribution in [0.15, 0.2) is 77.7 Å². The number of amides is 1. The molecule has 3 aromatic carbocycles. The van der Waals surface area contributed by atoms with E-state index in [1.165, 1.54) is 4.31 Å². The second-order valence-electron chi connectivity index (χ2n) is 7.21. The monoisotopic (exact) mass is 422 g/mol. The maximum atomic E-state index is 13.4. The van der Waals surface area contributed by atoms with Crippen LogP contribution in [-0.4, -0.2) is 20.9 Å². The summed E-state index contributed by atoms with van der Waals surface area (Å²) in [5.41, 5.74) is 4.01. The molecule has 0 aromatic heterocycles. The summed E-state index contributed by atoms with van der Waals surface area (Å²) in [4.78, 5) is 12.9. The maximum Gasteiger partial charge on any atom is 0.264 e. The van der Waals surface area contributed by atoms with E-state index in [1.807, 2.05) is 50.2 Å². The zero-order chi connectivity index (χ0) is 21.7. The molecule has 0 radical (unpaired) electrons. The van der Waals surface area contributed by atoms with Crippen LogP contribution in [0.5, 0.6) is 0 Å². The molecular formula is C24H26N2O3S. The van der Waals surface area contributed by atoms with Crippen LogP contribution in [-0.2, 0) is 21.2 Å². The SMILES string of the molecule is CCc1ccc(NC(=O)CN(c2ccccc2C)S(=O)(=O)c2ccc(C)cc2)cc1. The molecule has 1 N–H and O–H groups in total. The van der Waals surface area contributed by atoms with Gasteiger partial charge in [-0.2, -0.15) is 0 Å². The van der Waals surface area contributed by atoms with Crippen LogP contribution in [0.2, 0.25) is 0 Å². The normalized spacial score (nSPS) is 11.2. The number of benzene rings is 3. The summed E-state index contributed by atoms with van der Waals surface area (Å²) >= 11 is 0. The first-order valence-electron chi connectivity index (χ1n) is 9.85. The van der Waals surface area contributed by atoms with E-state index in [-0.39, 0.29) is 11.4 Å². The number of hydrogen-bond donors (Lipinski definition) is 1. The van der Waals surface area contributed by atoms with E-state index in [0.717, 1.165) is 23.1 Å². The highest BCUT2D eigenvalue weighted by Crippen LogP contribution is 2.27. The van der Waals surface area contributed by atoms with E-state index in [2.05, 4.69) is 12.2 Å². The number of anilines is 2. The Bertz CT molecular complexity index is 1120. The van der Waals surface area contributed by atoms with Crippen LogP contribution in [0.1, 0.15) is 23.6 Å². The van der Waals surface area contributed by atoms with Gasteiger partial charge in [0.05, 0.1) is 10.6 Å². The zero-order valence-electron chi connectivity index (χ0n) is 17.4. The number of para-hydroxylation sites is 1. The molecule has 0 atom stereocenters. The average molecular weight is 423 g/mol. The fourth-order valence-electron chi connectivity index (χ4n) is 3.14. The van der Waals surface area contributed by atoms with Crippen LogP contribution in [0.25, 0.3) is 0 Å². The topological polar surface area (TPSA) is 66.5 Å². The second-order valence-corrected chi connectivity index (χ2v) is 9.07. The van der Waals surface area contributed by atoms with Crippen molar-refractivity contribution in [2.45, 2.75) is 32.1 Å². The molecule has 30 heavy (non-hydrogen) atoms. The number of aryl methyl sites for hydroxylation is 3. The van der Waals surface area contributed by atoms with E-state index in [9.17, 15) is 13.2 Å². The lowest BCUT2D eigenvalue weighted by Gasteiger charge is -2.25. The summed E-state index contributed by atoms with van der Waals surface area (Å²) in [6.07, 6.45) is 0.907. The van der Waals surface area contributed by atoms with Gasteiger partial charge in [0.2, 0.25) is 5.91 Å². The van der Waals surface area contributed by atoms with Gasteiger partial charge >= 0.3 is 0 Å². The number of carbonyl (C=O) groups is 1. The molecule has 6 heteroatoms. The minimum absolute atomic E-state index is 0.149. The van der Waals surface area contributed by atoms with Crippen LogP contribution in [0.3, 0.4) is 0 Å². The highest BCUT2D eigenvalue weighted by Gasteiger charge is 2.28. The van der Waals surface area contributed by atoms with Gasteiger partial charge in [-0.1, -0.05) is 55.0 Å². The second kappa shape index (κ2) is 9.13. The standard InChI is InChI=1S/C24H26N2O3S/c1-4-20-11-13-21(14-12-20)25-24(27)17-26(23-8-6-5-7-19(23)3)30(28,29)22-15-9-18(2)10-16-22/h5-16H,4,17H2,1-3H3,(H,25,27). The number of hydrogen-bond acceptors (Lipinski definition) is 3. The Hall–Kier alpha value is -3.12. The predicted molar refractivity (Wildman–Crippen MR) is 121 cm³/mol. The van der Waals surface area contributed by atoms with Gasteiger partial charge < -0.3 is 5.32 Å². The summed E-state index contributed by atoms with van der Waals surface area (Å²) in [7, 11) is -3.92. The Balaban J connectivity index is 1.92. The molecule has 0 aliphatic rings. The molecule has 0 fully saturated rings. The summed E-state index contributed by atoms with van der Waals surface area (Å²) in [6, 6.07) is 21.3. The molecule has 0 heterocycles. The molecule has 0 bridgehead atoms. The lowest BCUT2D eigenvalue weighted by Crippen LogP contribution is -2.38. The van der Waals surface area contributed by atoms with Crippen molar-refractivity contribution in [3.8, 4) is 0 Å². The van der Waals surface area contributed by atoms with E-state index in [1.54, 1.807) is 36.4 Å². The third-order valence-corrected chi connectivity index (χ3v) is 6.70. The Morgan fingerprint density at radius 1 is 0.900 bits per heavy atom. The first kappa shape index (κ1) is 21.6. The van der Waals surface area contributed by atoms with Crippen LogP contribution < -0.4 is 9.62 Å². The summed E-state index contributed by atoms with van der Waals surface area (Å²) in [6.45, 7) is 5.46. The number of sulfonamides is 1. The molecule has 1 amide bonds. The van der Waals surface area contributed by atoms with Gasteiger partial charge in [0.1, 0.15) is 6.54 Å². The molecule has 0 spiro atoms. The molecule has 3 rings (SSSR count). The Labute approximate surface area is 178 Å². The quantitative estimate of drug-likeness (QED) is 0.600. The van der Waals surface area contributed by atoms with Crippen molar-refractivity contribution in [3.05, 3.63) is 89.5 Å². The fourth-order valence-corrected chi connectivity index (χ4v) is 4.62. The first-order valence-corrected chi connectivity index (χ1v) is 11.3. The Morgan fingerprint density at radius 3 is 2.13 bits per heavy atom. The Kier molecular flexibility index (Phi) is 6.57. The number of carbonyl (C=O) groups excluding carboxylic acids is 1. The van der Waals surface area contributed by atoms with E-state index < -0.39 is 15.9 Å². The molecule has 156 valence electrons. The van der Waals surface area contributed by atoms with Gasteiger partial charge in [-0.05, 0) is 61.7 Å². The van der Waals surface area contributed by atoms with E-state index in [0.29, 0.717) is 11.4 Å². The number of nitrogens with zero attached hydrogens (tertiary/aromatic N) is 1. The van der Waals surface area contributed by atoms with Crippen molar-refractivity contribution in [3.63, 3.8) is 0 Å². The summed E-state index contributed by atoms with van der Waals surface area (Å²) < 4.78 is 28.0. The van der Waals surface area contributed by atoms with Crippen molar-refractivity contribution in [2.75, 3.05) is 16.2 Å². The molecule has 0 saturated carbocycles. The van der Waals surface area contributed by atoms with E-state index >= 15 is 0 Å². The molecular weight excluding hydrogens is 396 g/mol. The summed E-state index contributed by atoms with van der Waals surface area (Å²) in [5.74, 6) is -0.404. The lowest BCUT2D eigenvalue weighted by molar-refractivity contribution is -0.114. The molecule has 5 nitrogen and oxygen atoms in total. The van der Waals surface area contributed by atoms with Gasteiger partial charge in [0.15, 0.2) is 0 Å². The van der Waals surface area contributed by atoms with Crippen molar-refractivity contribution in [1.29, 1.82) is 0 Å². The lowest BCUT2D eigenvalue weighted by atomic mass is 10.1. The third kappa shape index (κ3) is 4.89. The Morgan fingerprint density at radius 2 is 1.53 bits per heavy atom. The van der Waals surface area contributed by atoms with E-state index in [4.69, 9.17) is 0 Å². The molecule has 3 aromatic rings. The van der Waals surface area contributed by atoms with Crippen LogP contribution in [0, 0.1) is 13.8 Å². The van der Waals surface area contributed by atoms with Gasteiger partial charge in [0.25, 0.3) is 10.0 Å². The largest absolute Gasteiger partial charge is 0.325 e.